The topological polar surface area (TPSA) is 82.7 Å². The third-order valence-corrected chi connectivity index (χ3v) is 6.32. The number of rotatable bonds is 7. The Labute approximate surface area is 157 Å². The number of likely N-dealkylation sites (N-methyl/N-ethyl adjacent to an activating group) is 1. The van der Waals surface area contributed by atoms with Gasteiger partial charge in [-0.3, -0.25) is 4.79 Å². The van der Waals surface area contributed by atoms with E-state index in [9.17, 15) is 17.6 Å². The number of amides is 1. The van der Waals surface area contributed by atoms with E-state index >= 15 is 0 Å². The van der Waals surface area contributed by atoms with Crippen LogP contribution in [-0.4, -0.2) is 61.8 Å². The number of hydrogen-bond acceptors (Lipinski definition) is 4. The molecule has 1 saturated heterocycles. The van der Waals surface area contributed by atoms with Gasteiger partial charge >= 0.3 is 0 Å². The molecule has 146 valence electrons. The summed E-state index contributed by atoms with van der Waals surface area (Å²) in [6, 6.07) is 7.29. The maximum absolute atomic E-state index is 13.5. The Hall–Kier alpha value is -2.39. The molecule has 1 aromatic heterocycles. The molecule has 1 aromatic carbocycles. The minimum Gasteiger partial charge on any atom is -0.489 e. The quantitative estimate of drug-likeness (QED) is 0.778. The number of hydrogen-bond donors (Lipinski definition) is 1. The van der Waals surface area contributed by atoms with Gasteiger partial charge in [-0.1, -0.05) is 12.1 Å². The van der Waals surface area contributed by atoms with Crippen molar-refractivity contribution in [3.05, 3.63) is 48.0 Å². The van der Waals surface area contributed by atoms with Gasteiger partial charge in [-0.2, -0.15) is 4.31 Å². The summed E-state index contributed by atoms with van der Waals surface area (Å²) in [6.07, 6.45) is 3.23. The number of aromatic amines is 1. The summed E-state index contributed by atoms with van der Waals surface area (Å²) in [5, 5.41) is 0. The van der Waals surface area contributed by atoms with Crippen LogP contribution in [0.25, 0.3) is 0 Å². The van der Waals surface area contributed by atoms with Crippen molar-refractivity contribution in [1.29, 1.82) is 0 Å². The van der Waals surface area contributed by atoms with Crippen molar-refractivity contribution in [2.45, 2.75) is 17.7 Å². The van der Waals surface area contributed by atoms with Crippen molar-refractivity contribution in [2.24, 2.45) is 0 Å². The summed E-state index contributed by atoms with van der Waals surface area (Å²) < 4.78 is 45.2. The van der Waals surface area contributed by atoms with Gasteiger partial charge in [-0.25, -0.2) is 12.8 Å². The van der Waals surface area contributed by atoms with Crippen LogP contribution in [0.4, 0.5) is 4.39 Å². The number of likely N-dealkylation sites (tertiary alicyclic amines) is 1. The number of H-pyrrole nitrogens is 1. The number of nitrogens with one attached hydrogen (secondary N) is 1. The van der Waals surface area contributed by atoms with E-state index in [1.165, 1.54) is 31.4 Å². The molecule has 2 heterocycles. The predicted octanol–water partition coefficient (Wildman–Crippen LogP) is 2.09. The van der Waals surface area contributed by atoms with Gasteiger partial charge in [0.05, 0.1) is 0 Å². The molecule has 7 nitrogen and oxygen atoms in total. The molecule has 0 saturated carbocycles. The Morgan fingerprint density at radius 2 is 2.00 bits per heavy atom. The number of nitrogens with zero attached hydrogens (tertiary/aromatic N) is 2. The van der Waals surface area contributed by atoms with Crippen molar-refractivity contribution in [3.63, 3.8) is 0 Å². The lowest BCUT2D eigenvalue weighted by atomic mass is 10.3. The number of sulfonamides is 1. The average Bonchev–Trinajstić information content (AvgIpc) is 3.35. The molecule has 0 bridgehead atoms. The molecule has 1 fully saturated rings. The van der Waals surface area contributed by atoms with Crippen molar-refractivity contribution < 1.29 is 22.3 Å². The van der Waals surface area contributed by atoms with Crippen LogP contribution in [-0.2, 0) is 10.0 Å². The van der Waals surface area contributed by atoms with E-state index in [1.54, 1.807) is 17.0 Å². The maximum atomic E-state index is 13.5. The van der Waals surface area contributed by atoms with Gasteiger partial charge in [0.1, 0.15) is 17.2 Å². The second kappa shape index (κ2) is 8.10. The third-order valence-electron chi connectivity index (χ3n) is 4.49. The van der Waals surface area contributed by atoms with E-state index in [2.05, 4.69) is 4.98 Å². The molecule has 0 atom stereocenters. The number of aromatic nitrogens is 1. The number of para-hydroxylation sites is 1. The minimum atomic E-state index is -3.78. The molecule has 0 unspecified atom stereocenters. The van der Waals surface area contributed by atoms with Gasteiger partial charge in [0.2, 0.25) is 10.0 Å². The molecule has 1 aliphatic rings. The van der Waals surface area contributed by atoms with Gasteiger partial charge < -0.3 is 14.6 Å². The highest BCUT2D eigenvalue weighted by Crippen LogP contribution is 2.19. The predicted molar refractivity (Wildman–Crippen MR) is 97.6 cm³/mol. The second-order valence-corrected chi connectivity index (χ2v) is 8.40. The first kappa shape index (κ1) is 19.4. The lowest BCUT2D eigenvalue weighted by Gasteiger charge is -2.17. The van der Waals surface area contributed by atoms with Crippen molar-refractivity contribution >= 4 is 15.9 Å². The van der Waals surface area contributed by atoms with Gasteiger partial charge in [0.15, 0.2) is 11.6 Å². The maximum Gasteiger partial charge on any atom is 0.270 e. The molecule has 1 aliphatic heterocycles. The summed E-state index contributed by atoms with van der Waals surface area (Å²) in [5.41, 5.74) is 0.256. The fraction of sp³-hybridized carbons (Fsp3) is 0.389. The second-order valence-electron chi connectivity index (χ2n) is 6.35. The number of halogens is 1. The normalized spacial score (nSPS) is 14.7. The Balaban J connectivity index is 1.61. The zero-order chi connectivity index (χ0) is 19.4. The standard InChI is InChI=1S/C18H22FN3O4S/c1-21(10-11-26-17-7-3-2-6-15(17)19)27(24,25)14-12-16(20-13-14)18(23)22-8-4-5-9-22/h2-3,6-7,12-13,20H,4-5,8-11H2,1H3. The van der Waals surface area contributed by atoms with Crippen LogP contribution in [0.5, 0.6) is 5.75 Å². The van der Waals surface area contributed by atoms with Crippen LogP contribution in [0, 0.1) is 5.82 Å². The van der Waals surface area contributed by atoms with Crippen LogP contribution in [0.2, 0.25) is 0 Å². The van der Waals surface area contributed by atoms with Gasteiger partial charge in [0, 0.05) is 32.9 Å². The Morgan fingerprint density at radius 1 is 1.30 bits per heavy atom. The highest BCUT2D eigenvalue weighted by atomic mass is 32.2. The van der Waals surface area contributed by atoms with Gasteiger partial charge in [-0.05, 0) is 31.0 Å². The fourth-order valence-corrected chi connectivity index (χ4v) is 4.03. The van der Waals surface area contributed by atoms with E-state index in [0.717, 1.165) is 17.1 Å². The van der Waals surface area contributed by atoms with Gasteiger partial charge in [-0.15, -0.1) is 0 Å². The van der Waals surface area contributed by atoms with E-state index in [1.807, 2.05) is 0 Å². The monoisotopic (exact) mass is 395 g/mol. The molecule has 27 heavy (non-hydrogen) atoms. The zero-order valence-electron chi connectivity index (χ0n) is 15.0. The highest BCUT2D eigenvalue weighted by Gasteiger charge is 2.26. The van der Waals surface area contributed by atoms with Crippen LogP contribution < -0.4 is 4.74 Å². The molecule has 0 spiro atoms. The Kier molecular flexibility index (Phi) is 5.81. The molecule has 9 heteroatoms. The molecule has 0 radical (unpaired) electrons. The lowest BCUT2D eigenvalue weighted by molar-refractivity contribution is 0.0787. The third kappa shape index (κ3) is 4.30. The van der Waals surface area contributed by atoms with Crippen LogP contribution in [0.3, 0.4) is 0 Å². The average molecular weight is 395 g/mol. The first-order chi connectivity index (χ1) is 12.9. The Bertz CT molecular complexity index is 907. The van der Waals surface area contributed by atoms with Crippen LogP contribution in [0.1, 0.15) is 23.3 Å². The Morgan fingerprint density at radius 3 is 2.70 bits per heavy atom. The first-order valence-corrected chi connectivity index (χ1v) is 10.1. The van der Waals surface area contributed by atoms with Crippen molar-refractivity contribution in [1.82, 2.24) is 14.2 Å². The number of carbonyl (C=O) groups is 1. The largest absolute Gasteiger partial charge is 0.489 e. The van der Waals surface area contributed by atoms with Crippen LogP contribution >= 0.6 is 0 Å². The zero-order valence-corrected chi connectivity index (χ0v) is 15.8. The summed E-state index contributed by atoms with van der Waals surface area (Å²) in [7, 11) is -2.37. The van der Waals surface area contributed by atoms with E-state index < -0.39 is 15.8 Å². The molecule has 0 aliphatic carbocycles. The molecular weight excluding hydrogens is 373 g/mol. The van der Waals surface area contributed by atoms with Crippen LogP contribution in [0.15, 0.2) is 41.4 Å². The fourth-order valence-electron chi connectivity index (χ4n) is 2.88. The minimum absolute atomic E-state index is 0.000646. The summed E-state index contributed by atoms with van der Waals surface area (Å²) >= 11 is 0. The lowest BCUT2D eigenvalue weighted by Crippen LogP contribution is -2.31. The molecule has 2 aromatic rings. The molecule has 1 N–H and O–H groups in total. The van der Waals surface area contributed by atoms with Gasteiger partial charge in [0.25, 0.3) is 5.91 Å². The number of benzene rings is 1. The number of carbonyl (C=O) groups excluding carboxylic acids is 1. The van der Waals surface area contributed by atoms with E-state index in [4.69, 9.17) is 4.74 Å². The smallest absolute Gasteiger partial charge is 0.270 e. The highest BCUT2D eigenvalue weighted by molar-refractivity contribution is 7.89. The molecule has 3 rings (SSSR count). The number of ether oxygens (including phenoxy) is 1. The van der Waals surface area contributed by atoms with E-state index in [-0.39, 0.29) is 35.4 Å². The summed E-state index contributed by atoms with van der Waals surface area (Å²) in [6.45, 7) is 1.42. The molecule has 1 amide bonds. The van der Waals surface area contributed by atoms with Crippen molar-refractivity contribution in [2.75, 3.05) is 33.3 Å². The van der Waals surface area contributed by atoms with E-state index in [0.29, 0.717) is 13.1 Å². The molecular formula is C18H22FN3O4S. The van der Waals surface area contributed by atoms with Crippen molar-refractivity contribution in [3.8, 4) is 5.75 Å². The summed E-state index contributed by atoms with van der Waals surface area (Å²) in [4.78, 5) is 16.8. The SMILES string of the molecule is CN(CCOc1ccccc1F)S(=O)(=O)c1c[nH]c(C(=O)N2CCCC2)c1. The first-order valence-electron chi connectivity index (χ1n) is 8.71. The summed E-state index contributed by atoms with van der Waals surface area (Å²) in [5.74, 6) is -0.623.